The van der Waals surface area contributed by atoms with E-state index in [1.807, 2.05) is 18.2 Å². The van der Waals surface area contributed by atoms with E-state index in [0.717, 1.165) is 6.54 Å². The molecule has 16 heavy (non-hydrogen) atoms. The Labute approximate surface area is 108 Å². The van der Waals surface area contributed by atoms with Gasteiger partial charge in [0.15, 0.2) is 0 Å². The van der Waals surface area contributed by atoms with Crippen LogP contribution in [-0.4, -0.2) is 6.04 Å². The van der Waals surface area contributed by atoms with Gasteiger partial charge in [-0.3, -0.25) is 0 Å². The molecule has 1 atom stereocenters. The zero-order valence-electron chi connectivity index (χ0n) is 9.89. The van der Waals surface area contributed by atoms with Crippen LogP contribution in [0.15, 0.2) is 18.2 Å². The fourth-order valence-electron chi connectivity index (χ4n) is 1.55. The summed E-state index contributed by atoms with van der Waals surface area (Å²) in [6, 6.07) is 6.32. The van der Waals surface area contributed by atoms with Gasteiger partial charge in [-0.25, -0.2) is 0 Å². The van der Waals surface area contributed by atoms with Crippen molar-refractivity contribution in [3.63, 3.8) is 0 Å². The first kappa shape index (κ1) is 13.8. The number of rotatable bonds is 6. The Morgan fingerprint density at radius 1 is 1.25 bits per heavy atom. The Morgan fingerprint density at radius 3 is 2.62 bits per heavy atom. The fourth-order valence-corrected chi connectivity index (χ4v) is 1.87. The molecule has 90 valence electrons. The van der Waals surface area contributed by atoms with Crippen molar-refractivity contribution in [3.05, 3.63) is 33.8 Å². The molecule has 0 aliphatic heterocycles. The molecule has 1 nitrogen and oxygen atoms in total. The lowest BCUT2D eigenvalue weighted by molar-refractivity contribution is 0.495. The van der Waals surface area contributed by atoms with Gasteiger partial charge in [0.1, 0.15) is 0 Å². The van der Waals surface area contributed by atoms with Gasteiger partial charge in [-0.15, -0.1) is 0 Å². The van der Waals surface area contributed by atoms with E-state index in [1.54, 1.807) is 0 Å². The average molecular weight is 260 g/mol. The molecule has 0 heterocycles. The van der Waals surface area contributed by atoms with Gasteiger partial charge in [0.05, 0.1) is 10.0 Å². The molecule has 1 aromatic carbocycles. The summed E-state index contributed by atoms with van der Waals surface area (Å²) >= 11 is 11.8. The number of nitrogens with one attached hydrogen (secondary N) is 1. The van der Waals surface area contributed by atoms with Gasteiger partial charge in [-0.1, -0.05) is 49.0 Å². The molecule has 0 radical (unpaired) electrons. The molecule has 0 amide bonds. The van der Waals surface area contributed by atoms with Crippen LogP contribution in [0.5, 0.6) is 0 Å². The summed E-state index contributed by atoms with van der Waals surface area (Å²) in [6.07, 6.45) is 3.74. The van der Waals surface area contributed by atoms with Gasteiger partial charge < -0.3 is 5.32 Å². The van der Waals surface area contributed by atoms with Crippen LogP contribution < -0.4 is 5.32 Å². The third-order valence-electron chi connectivity index (χ3n) is 2.63. The van der Waals surface area contributed by atoms with Crippen molar-refractivity contribution < 1.29 is 0 Å². The van der Waals surface area contributed by atoms with Gasteiger partial charge in [-0.2, -0.15) is 0 Å². The first-order chi connectivity index (χ1) is 7.63. The summed E-state index contributed by atoms with van der Waals surface area (Å²) in [5, 5.41) is 4.72. The number of benzene rings is 1. The second kappa shape index (κ2) is 7.16. The molecule has 0 aromatic heterocycles. The first-order valence-electron chi connectivity index (χ1n) is 5.80. The van der Waals surface area contributed by atoms with Crippen LogP contribution in [-0.2, 0) is 6.54 Å². The van der Waals surface area contributed by atoms with Gasteiger partial charge in [-0.05, 0) is 31.0 Å². The SMILES string of the molecule is CCCCC(C)NCc1ccc(Cl)c(Cl)c1. The molecule has 0 saturated heterocycles. The van der Waals surface area contributed by atoms with Crippen molar-refractivity contribution in [1.82, 2.24) is 5.32 Å². The van der Waals surface area contributed by atoms with E-state index in [1.165, 1.54) is 24.8 Å². The lowest BCUT2D eigenvalue weighted by Gasteiger charge is -2.13. The molecule has 0 saturated carbocycles. The highest BCUT2D eigenvalue weighted by Gasteiger charge is 2.02. The molecular weight excluding hydrogens is 241 g/mol. The quantitative estimate of drug-likeness (QED) is 0.784. The Kier molecular flexibility index (Phi) is 6.18. The third kappa shape index (κ3) is 4.73. The number of unbranched alkanes of at least 4 members (excludes halogenated alkanes) is 1. The van der Waals surface area contributed by atoms with Gasteiger partial charge in [0.2, 0.25) is 0 Å². The second-order valence-corrected chi connectivity index (χ2v) is 4.99. The van der Waals surface area contributed by atoms with Crippen molar-refractivity contribution >= 4 is 23.2 Å². The van der Waals surface area contributed by atoms with E-state index in [9.17, 15) is 0 Å². The van der Waals surface area contributed by atoms with Crippen molar-refractivity contribution in [2.45, 2.75) is 45.7 Å². The van der Waals surface area contributed by atoms with Gasteiger partial charge in [0, 0.05) is 12.6 Å². The fraction of sp³-hybridized carbons (Fsp3) is 0.538. The maximum atomic E-state index is 5.95. The zero-order valence-corrected chi connectivity index (χ0v) is 11.4. The van der Waals surface area contributed by atoms with Crippen LogP contribution in [0, 0.1) is 0 Å². The molecule has 0 fully saturated rings. The van der Waals surface area contributed by atoms with E-state index in [2.05, 4.69) is 19.2 Å². The molecule has 3 heteroatoms. The Hall–Kier alpha value is -0.240. The monoisotopic (exact) mass is 259 g/mol. The van der Waals surface area contributed by atoms with Crippen LogP contribution in [0.3, 0.4) is 0 Å². The summed E-state index contributed by atoms with van der Waals surface area (Å²) in [5.41, 5.74) is 1.18. The predicted octanol–water partition coefficient (Wildman–Crippen LogP) is 4.66. The number of halogens is 2. The molecule has 0 aliphatic carbocycles. The van der Waals surface area contributed by atoms with Crippen LogP contribution in [0.4, 0.5) is 0 Å². The summed E-state index contributed by atoms with van der Waals surface area (Å²) in [6.45, 7) is 5.28. The molecular formula is C13H19Cl2N. The highest BCUT2D eigenvalue weighted by molar-refractivity contribution is 6.42. The molecule has 0 aliphatic rings. The normalized spacial score (nSPS) is 12.8. The number of hydrogen-bond donors (Lipinski definition) is 1. The summed E-state index contributed by atoms with van der Waals surface area (Å²) in [7, 11) is 0. The van der Waals surface area contributed by atoms with Crippen molar-refractivity contribution in [3.8, 4) is 0 Å². The predicted molar refractivity (Wildman–Crippen MR) is 72.3 cm³/mol. The molecule has 0 spiro atoms. The van der Waals surface area contributed by atoms with Crippen LogP contribution in [0.2, 0.25) is 10.0 Å². The highest BCUT2D eigenvalue weighted by atomic mass is 35.5. The van der Waals surface area contributed by atoms with E-state index in [4.69, 9.17) is 23.2 Å². The maximum absolute atomic E-state index is 5.95. The molecule has 1 aromatic rings. The smallest absolute Gasteiger partial charge is 0.0595 e. The summed E-state index contributed by atoms with van der Waals surface area (Å²) in [4.78, 5) is 0. The van der Waals surface area contributed by atoms with Crippen molar-refractivity contribution in [1.29, 1.82) is 0 Å². The standard InChI is InChI=1S/C13H19Cl2N/c1-3-4-5-10(2)16-9-11-6-7-12(14)13(15)8-11/h6-8,10,16H,3-5,9H2,1-2H3. The van der Waals surface area contributed by atoms with E-state index in [0.29, 0.717) is 16.1 Å². The van der Waals surface area contributed by atoms with E-state index >= 15 is 0 Å². The third-order valence-corrected chi connectivity index (χ3v) is 3.37. The first-order valence-corrected chi connectivity index (χ1v) is 6.56. The van der Waals surface area contributed by atoms with Crippen LogP contribution in [0.25, 0.3) is 0 Å². The molecule has 1 N–H and O–H groups in total. The Bertz CT molecular complexity index is 326. The van der Waals surface area contributed by atoms with E-state index < -0.39 is 0 Å². The topological polar surface area (TPSA) is 12.0 Å². The maximum Gasteiger partial charge on any atom is 0.0595 e. The number of hydrogen-bond acceptors (Lipinski definition) is 1. The minimum atomic E-state index is 0.550. The van der Waals surface area contributed by atoms with Gasteiger partial charge >= 0.3 is 0 Å². The molecule has 1 rings (SSSR count). The van der Waals surface area contributed by atoms with Gasteiger partial charge in [0.25, 0.3) is 0 Å². The minimum Gasteiger partial charge on any atom is -0.310 e. The molecule has 0 bridgehead atoms. The van der Waals surface area contributed by atoms with Crippen LogP contribution in [0.1, 0.15) is 38.7 Å². The van der Waals surface area contributed by atoms with Crippen LogP contribution >= 0.6 is 23.2 Å². The average Bonchev–Trinajstić information content (AvgIpc) is 2.28. The Morgan fingerprint density at radius 2 is 2.00 bits per heavy atom. The summed E-state index contributed by atoms with van der Waals surface area (Å²) in [5.74, 6) is 0. The highest BCUT2D eigenvalue weighted by Crippen LogP contribution is 2.22. The Balaban J connectivity index is 2.39. The summed E-state index contributed by atoms with van der Waals surface area (Å²) < 4.78 is 0. The minimum absolute atomic E-state index is 0.550. The lowest BCUT2D eigenvalue weighted by atomic mass is 10.1. The second-order valence-electron chi connectivity index (χ2n) is 4.17. The van der Waals surface area contributed by atoms with E-state index in [-0.39, 0.29) is 0 Å². The zero-order chi connectivity index (χ0) is 12.0. The van der Waals surface area contributed by atoms with Crippen molar-refractivity contribution in [2.75, 3.05) is 0 Å². The van der Waals surface area contributed by atoms with Crippen molar-refractivity contribution in [2.24, 2.45) is 0 Å². The lowest BCUT2D eigenvalue weighted by Crippen LogP contribution is -2.25. The molecule has 1 unspecified atom stereocenters. The largest absolute Gasteiger partial charge is 0.310 e.